The minimum Gasteiger partial charge on any atom is -0.508 e. The molecule has 1 aromatic carbocycles. The van der Waals surface area contributed by atoms with Gasteiger partial charge >= 0.3 is 0 Å². The SMILES string of the molecule is CNC(COC)Cc1ccc(O)cc1. The number of likely N-dealkylation sites (N-methyl/N-ethyl adjacent to an activating group) is 1. The van der Waals surface area contributed by atoms with E-state index < -0.39 is 0 Å². The lowest BCUT2D eigenvalue weighted by atomic mass is 10.1. The van der Waals surface area contributed by atoms with Gasteiger partial charge in [-0.25, -0.2) is 0 Å². The number of hydrogen-bond donors (Lipinski definition) is 2. The van der Waals surface area contributed by atoms with E-state index in [1.165, 1.54) is 5.56 Å². The van der Waals surface area contributed by atoms with Gasteiger partial charge in [-0.2, -0.15) is 0 Å². The van der Waals surface area contributed by atoms with Crippen LogP contribution < -0.4 is 5.32 Å². The largest absolute Gasteiger partial charge is 0.508 e. The van der Waals surface area contributed by atoms with Gasteiger partial charge in [0.15, 0.2) is 0 Å². The molecule has 0 heterocycles. The van der Waals surface area contributed by atoms with Crippen molar-refractivity contribution in [3.63, 3.8) is 0 Å². The smallest absolute Gasteiger partial charge is 0.115 e. The number of phenols is 1. The lowest BCUT2D eigenvalue weighted by molar-refractivity contribution is 0.169. The highest BCUT2D eigenvalue weighted by atomic mass is 16.5. The van der Waals surface area contributed by atoms with Gasteiger partial charge in [-0.3, -0.25) is 0 Å². The van der Waals surface area contributed by atoms with Crippen molar-refractivity contribution in [2.24, 2.45) is 0 Å². The Hall–Kier alpha value is -1.06. The Morgan fingerprint density at radius 3 is 2.50 bits per heavy atom. The molecule has 0 saturated heterocycles. The van der Waals surface area contributed by atoms with Gasteiger partial charge in [-0.15, -0.1) is 0 Å². The second-order valence-electron chi connectivity index (χ2n) is 3.31. The number of hydrogen-bond acceptors (Lipinski definition) is 3. The molecule has 78 valence electrons. The third-order valence-electron chi connectivity index (χ3n) is 2.19. The van der Waals surface area contributed by atoms with Crippen molar-refractivity contribution in [3.8, 4) is 5.75 Å². The Morgan fingerprint density at radius 2 is 2.00 bits per heavy atom. The summed E-state index contributed by atoms with van der Waals surface area (Å²) in [6.45, 7) is 0.692. The summed E-state index contributed by atoms with van der Waals surface area (Å²) in [6.07, 6.45) is 0.907. The Balaban J connectivity index is 2.53. The molecule has 1 aromatic rings. The molecule has 0 aromatic heterocycles. The van der Waals surface area contributed by atoms with Gasteiger partial charge in [-0.05, 0) is 31.2 Å². The number of aromatic hydroxyl groups is 1. The van der Waals surface area contributed by atoms with Gasteiger partial charge in [0.25, 0.3) is 0 Å². The minimum absolute atomic E-state index is 0.307. The lowest BCUT2D eigenvalue weighted by Crippen LogP contribution is -2.31. The predicted octanol–water partition coefficient (Wildman–Crippen LogP) is 1.17. The summed E-state index contributed by atoms with van der Waals surface area (Å²) in [7, 11) is 3.62. The molecule has 0 spiro atoms. The number of benzene rings is 1. The Morgan fingerprint density at radius 1 is 1.36 bits per heavy atom. The van der Waals surface area contributed by atoms with E-state index in [0.29, 0.717) is 18.4 Å². The van der Waals surface area contributed by atoms with Crippen LogP contribution in [-0.4, -0.2) is 31.9 Å². The third kappa shape index (κ3) is 3.36. The molecule has 14 heavy (non-hydrogen) atoms. The maximum Gasteiger partial charge on any atom is 0.115 e. The maximum atomic E-state index is 9.11. The van der Waals surface area contributed by atoms with Gasteiger partial charge in [0.2, 0.25) is 0 Å². The van der Waals surface area contributed by atoms with Crippen LogP contribution in [0.15, 0.2) is 24.3 Å². The molecule has 3 nitrogen and oxygen atoms in total. The molecule has 1 rings (SSSR count). The van der Waals surface area contributed by atoms with Crippen LogP contribution in [0.5, 0.6) is 5.75 Å². The second kappa shape index (κ2) is 5.62. The molecule has 0 bridgehead atoms. The first-order valence-corrected chi connectivity index (χ1v) is 4.70. The highest BCUT2D eigenvalue weighted by molar-refractivity contribution is 5.26. The van der Waals surface area contributed by atoms with Crippen molar-refractivity contribution in [3.05, 3.63) is 29.8 Å². The van der Waals surface area contributed by atoms with Crippen LogP contribution in [0.2, 0.25) is 0 Å². The molecule has 1 unspecified atom stereocenters. The van der Waals surface area contributed by atoms with Crippen molar-refractivity contribution in [1.29, 1.82) is 0 Å². The zero-order valence-electron chi connectivity index (χ0n) is 8.66. The molecule has 2 N–H and O–H groups in total. The standard InChI is InChI=1S/C11H17NO2/c1-12-10(8-14-2)7-9-3-5-11(13)6-4-9/h3-6,10,12-13H,7-8H2,1-2H3. The zero-order chi connectivity index (χ0) is 10.4. The topological polar surface area (TPSA) is 41.5 Å². The average molecular weight is 195 g/mol. The first-order valence-electron chi connectivity index (χ1n) is 4.70. The Bertz CT molecular complexity index is 258. The van der Waals surface area contributed by atoms with Gasteiger partial charge in [-0.1, -0.05) is 12.1 Å². The van der Waals surface area contributed by atoms with Crippen molar-refractivity contribution >= 4 is 0 Å². The van der Waals surface area contributed by atoms with E-state index in [1.807, 2.05) is 19.2 Å². The fourth-order valence-corrected chi connectivity index (χ4v) is 1.36. The van der Waals surface area contributed by atoms with Crippen LogP contribution in [0.25, 0.3) is 0 Å². The molecule has 0 saturated carbocycles. The number of ether oxygens (including phenoxy) is 1. The summed E-state index contributed by atoms with van der Waals surface area (Å²) >= 11 is 0. The van der Waals surface area contributed by atoms with Gasteiger partial charge in [0.1, 0.15) is 5.75 Å². The fraction of sp³-hybridized carbons (Fsp3) is 0.455. The first-order chi connectivity index (χ1) is 6.76. The monoisotopic (exact) mass is 195 g/mol. The Kier molecular flexibility index (Phi) is 4.43. The first kappa shape index (κ1) is 11.0. The second-order valence-corrected chi connectivity index (χ2v) is 3.31. The normalized spacial score (nSPS) is 12.7. The van der Waals surface area contributed by atoms with Gasteiger partial charge in [0.05, 0.1) is 6.61 Å². The molecule has 0 aliphatic heterocycles. The van der Waals surface area contributed by atoms with E-state index in [-0.39, 0.29) is 0 Å². The fourth-order valence-electron chi connectivity index (χ4n) is 1.36. The minimum atomic E-state index is 0.307. The predicted molar refractivity (Wildman–Crippen MR) is 56.5 cm³/mol. The summed E-state index contributed by atoms with van der Waals surface area (Å²) < 4.78 is 5.08. The maximum absolute atomic E-state index is 9.11. The van der Waals surface area contributed by atoms with E-state index in [2.05, 4.69) is 5.32 Å². The summed E-state index contributed by atoms with van der Waals surface area (Å²) in [4.78, 5) is 0. The molecule has 0 amide bonds. The summed E-state index contributed by atoms with van der Waals surface area (Å²) in [5.41, 5.74) is 1.19. The lowest BCUT2D eigenvalue weighted by Gasteiger charge is -2.14. The van der Waals surface area contributed by atoms with Crippen molar-refractivity contribution < 1.29 is 9.84 Å². The average Bonchev–Trinajstić information content (AvgIpc) is 2.20. The highest BCUT2D eigenvalue weighted by Gasteiger charge is 2.06. The highest BCUT2D eigenvalue weighted by Crippen LogP contribution is 2.11. The Labute approximate surface area is 84.7 Å². The van der Waals surface area contributed by atoms with E-state index in [9.17, 15) is 0 Å². The van der Waals surface area contributed by atoms with Crippen LogP contribution in [0.3, 0.4) is 0 Å². The van der Waals surface area contributed by atoms with Crippen molar-refractivity contribution in [2.75, 3.05) is 20.8 Å². The molecular weight excluding hydrogens is 178 g/mol. The van der Waals surface area contributed by atoms with Gasteiger partial charge in [0, 0.05) is 13.2 Å². The van der Waals surface area contributed by atoms with E-state index >= 15 is 0 Å². The van der Waals surface area contributed by atoms with Crippen LogP contribution in [0.1, 0.15) is 5.56 Å². The van der Waals surface area contributed by atoms with E-state index in [1.54, 1.807) is 19.2 Å². The molecular formula is C11H17NO2. The molecule has 0 aliphatic rings. The van der Waals surface area contributed by atoms with Crippen molar-refractivity contribution in [2.45, 2.75) is 12.5 Å². The number of phenolic OH excluding ortho intramolecular Hbond substituents is 1. The third-order valence-corrected chi connectivity index (χ3v) is 2.19. The summed E-state index contributed by atoms with van der Waals surface area (Å²) in [5, 5.41) is 12.3. The molecule has 1 atom stereocenters. The van der Waals surface area contributed by atoms with E-state index in [0.717, 1.165) is 6.42 Å². The number of rotatable bonds is 5. The van der Waals surface area contributed by atoms with Crippen LogP contribution in [-0.2, 0) is 11.2 Å². The van der Waals surface area contributed by atoms with Crippen LogP contribution >= 0.6 is 0 Å². The number of nitrogens with one attached hydrogen (secondary N) is 1. The summed E-state index contributed by atoms with van der Waals surface area (Å²) in [5.74, 6) is 0.307. The molecule has 0 aliphatic carbocycles. The zero-order valence-corrected chi connectivity index (χ0v) is 8.66. The molecule has 0 radical (unpaired) electrons. The quantitative estimate of drug-likeness (QED) is 0.741. The molecule has 3 heteroatoms. The van der Waals surface area contributed by atoms with E-state index in [4.69, 9.17) is 9.84 Å². The van der Waals surface area contributed by atoms with Crippen molar-refractivity contribution in [1.82, 2.24) is 5.32 Å². The van der Waals surface area contributed by atoms with Gasteiger partial charge < -0.3 is 15.2 Å². The molecule has 0 fully saturated rings. The number of methoxy groups -OCH3 is 1. The van der Waals surface area contributed by atoms with Crippen LogP contribution in [0, 0.1) is 0 Å². The van der Waals surface area contributed by atoms with Crippen LogP contribution in [0.4, 0.5) is 0 Å². The summed E-state index contributed by atoms with van der Waals surface area (Å²) in [6, 6.07) is 7.58.